The van der Waals surface area contributed by atoms with Crippen molar-refractivity contribution in [2.24, 2.45) is 0 Å². The van der Waals surface area contributed by atoms with E-state index in [9.17, 15) is 14.9 Å². The van der Waals surface area contributed by atoms with Gasteiger partial charge in [-0.1, -0.05) is 34.1 Å². The van der Waals surface area contributed by atoms with Crippen molar-refractivity contribution in [1.29, 1.82) is 0 Å². The smallest absolute Gasteiger partial charge is 0.349 e. The number of pyridine rings is 1. The minimum absolute atomic E-state index is 0.215. The molecule has 0 saturated carbocycles. The van der Waals surface area contributed by atoms with Crippen molar-refractivity contribution in [3.8, 4) is 0 Å². The van der Waals surface area contributed by atoms with Crippen LogP contribution in [0, 0.1) is 10.1 Å². The number of para-hydroxylation sites is 1. The lowest BCUT2D eigenvalue weighted by molar-refractivity contribution is -0.385. The summed E-state index contributed by atoms with van der Waals surface area (Å²) in [6.45, 7) is 2.15. The average molecular weight is 388 g/mol. The van der Waals surface area contributed by atoms with E-state index in [0.29, 0.717) is 23.1 Å². The first-order chi connectivity index (χ1) is 11.5. The number of nitro groups is 1. The predicted octanol–water partition coefficient (Wildman–Crippen LogP) is 4.44. The zero-order valence-electron chi connectivity index (χ0n) is 12.8. The highest BCUT2D eigenvalue weighted by Gasteiger charge is 2.25. The molecule has 3 aromatic rings. The monoisotopic (exact) mass is 387 g/mol. The molecule has 0 aliphatic rings. The molecule has 0 fully saturated rings. The number of benzene rings is 2. The molecule has 6 nitrogen and oxygen atoms in total. The Morgan fingerprint density at radius 1 is 1.17 bits per heavy atom. The van der Waals surface area contributed by atoms with Gasteiger partial charge in [0.05, 0.1) is 10.4 Å². The summed E-state index contributed by atoms with van der Waals surface area (Å²) in [5.74, 6) is 0. The molecule has 0 unspecified atom stereocenters. The van der Waals surface area contributed by atoms with Gasteiger partial charge in [0.2, 0.25) is 0 Å². The SMILES string of the molecule is CCn1c(=O)c([N+](=O)[O-])c(Nc2ccc(Br)cc2)c2ccccc21. The Bertz CT molecular complexity index is 981. The lowest BCUT2D eigenvalue weighted by Gasteiger charge is -2.14. The Balaban J connectivity index is 2.32. The summed E-state index contributed by atoms with van der Waals surface area (Å²) >= 11 is 3.35. The van der Waals surface area contributed by atoms with Gasteiger partial charge in [-0.15, -0.1) is 0 Å². The second kappa shape index (κ2) is 6.45. The van der Waals surface area contributed by atoms with Crippen LogP contribution in [0.1, 0.15) is 6.92 Å². The molecule has 0 amide bonds. The number of aromatic nitrogens is 1. The van der Waals surface area contributed by atoms with E-state index in [1.165, 1.54) is 4.57 Å². The van der Waals surface area contributed by atoms with Gasteiger partial charge in [-0.2, -0.15) is 0 Å². The van der Waals surface area contributed by atoms with E-state index in [0.717, 1.165) is 4.47 Å². The molecule has 0 radical (unpaired) electrons. The Labute approximate surface area is 146 Å². The normalized spacial score (nSPS) is 10.8. The van der Waals surface area contributed by atoms with E-state index in [4.69, 9.17) is 0 Å². The Kier molecular flexibility index (Phi) is 4.35. The number of halogens is 1. The molecular formula is C17H14BrN3O3. The van der Waals surface area contributed by atoms with Crippen LogP contribution in [-0.2, 0) is 6.54 Å². The van der Waals surface area contributed by atoms with Crippen LogP contribution in [0.2, 0.25) is 0 Å². The standard InChI is InChI=1S/C17H14BrN3O3/c1-2-20-14-6-4-3-5-13(14)15(16(17(20)22)21(23)24)19-12-9-7-11(18)8-10-12/h3-10,19H,2H2,1H3. The van der Waals surface area contributed by atoms with Gasteiger partial charge in [0.15, 0.2) is 0 Å². The zero-order valence-corrected chi connectivity index (χ0v) is 14.4. The average Bonchev–Trinajstić information content (AvgIpc) is 2.57. The van der Waals surface area contributed by atoms with Crippen molar-refractivity contribution < 1.29 is 4.92 Å². The van der Waals surface area contributed by atoms with Crippen molar-refractivity contribution in [3.63, 3.8) is 0 Å². The molecule has 1 aromatic heterocycles. The zero-order chi connectivity index (χ0) is 17.3. The fourth-order valence-electron chi connectivity index (χ4n) is 2.68. The van der Waals surface area contributed by atoms with Gasteiger partial charge in [0, 0.05) is 22.1 Å². The molecule has 122 valence electrons. The van der Waals surface area contributed by atoms with Gasteiger partial charge in [-0.3, -0.25) is 14.9 Å². The summed E-state index contributed by atoms with van der Waals surface area (Å²) in [5, 5.41) is 15.2. The molecule has 2 aromatic carbocycles. The second-order valence-corrected chi connectivity index (χ2v) is 6.09. The third-order valence-corrected chi connectivity index (χ3v) is 4.29. The highest BCUT2D eigenvalue weighted by molar-refractivity contribution is 9.10. The minimum atomic E-state index is -0.623. The van der Waals surface area contributed by atoms with E-state index in [2.05, 4.69) is 21.2 Å². The first-order valence-electron chi connectivity index (χ1n) is 7.35. The van der Waals surface area contributed by atoms with Crippen molar-refractivity contribution >= 4 is 43.9 Å². The summed E-state index contributed by atoms with van der Waals surface area (Å²) in [4.78, 5) is 23.5. The molecular weight excluding hydrogens is 374 g/mol. The molecule has 0 aliphatic heterocycles. The van der Waals surface area contributed by atoms with Crippen molar-refractivity contribution in [1.82, 2.24) is 4.57 Å². The quantitative estimate of drug-likeness (QED) is 0.530. The molecule has 0 spiro atoms. The number of anilines is 2. The van der Waals surface area contributed by atoms with Gasteiger partial charge in [0.1, 0.15) is 5.69 Å². The Morgan fingerprint density at radius 3 is 2.46 bits per heavy atom. The largest absolute Gasteiger partial charge is 0.357 e. The molecule has 24 heavy (non-hydrogen) atoms. The third-order valence-electron chi connectivity index (χ3n) is 3.76. The maximum atomic E-state index is 12.6. The van der Waals surface area contributed by atoms with Crippen molar-refractivity contribution in [2.45, 2.75) is 13.5 Å². The summed E-state index contributed by atoms with van der Waals surface area (Å²) in [5.41, 5.74) is 0.488. The van der Waals surface area contributed by atoms with Crippen LogP contribution in [0.5, 0.6) is 0 Å². The summed E-state index contributed by atoms with van der Waals surface area (Å²) in [7, 11) is 0. The molecule has 3 rings (SSSR count). The summed E-state index contributed by atoms with van der Waals surface area (Å²) in [6.07, 6.45) is 0. The fraction of sp³-hybridized carbons (Fsp3) is 0.118. The van der Waals surface area contributed by atoms with Gasteiger partial charge in [0.25, 0.3) is 0 Å². The molecule has 1 N–H and O–H groups in total. The molecule has 0 bridgehead atoms. The van der Waals surface area contributed by atoms with E-state index in [-0.39, 0.29) is 5.69 Å². The lowest BCUT2D eigenvalue weighted by Crippen LogP contribution is -2.23. The van der Waals surface area contributed by atoms with E-state index >= 15 is 0 Å². The van der Waals surface area contributed by atoms with Crippen LogP contribution in [0.4, 0.5) is 17.1 Å². The molecule has 0 saturated heterocycles. The fourth-order valence-corrected chi connectivity index (χ4v) is 2.94. The second-order valence-electron chi connectivity index (χ2n) is 5.18. The lowest BCUT2D eigenvalue weighted by atomic mass is 10.1. The highest BCUT2D eigenvalue weighted by Crippen LogP contribution is 2.32. The third kappa shape index (κ3) is 2.78. The molecule has 1 heterocycles. The molecule has 7 heteroatoms. The molecule has 0 aliphatic carbocycles. The summed E-state index contributed by atoms with van der Waals surface area (Å²) in [6, 6.07) is 14.4. The number of rotatable bonds is 4. The first kappa shape index (κ1) is 16.2. The number of nitrogens with zero attached hydrogens (tertiary/aromatic N) is 2. The topological polar surface area (TPSA) is 77.2 Å². The molecule has 0 atom stereocenters. The maximum Gasteiger partial charge on any atom is 0.357 e. The van der Waals surface area contributed by atoms with Gasteiger partial charge in [-0.25, -0.2) is 0 Å². The van der Waals surface area contributed by atoms with Crippen LogP contribution in [0.15, 0.2) is 57.8 Å². The predicted molar refractivity (Wildman–Crippen MR) is 98.0 cm³/mol. The van der Waals surface area contributed by atoms with Crippen molar-refractivity contribution in [2.75, 3.05) is 5.32 Å². The highest BCUT2D eigenvalue weighted by atomic mass is 79.9. The van der Waals surface area contributed by atoms with Crippen LogP contribution in [-0.4, -0.2) is 9.49 Å². The van der Waals surface area contributed by atoms with Gasteiger partial charge < -0.3 is 9.88 Å². The number of aryl methyl sites for hydroxylation is 1. The summed E-state index contributed by atoms with van der Waals surface area (Å²) < 4.78 is 2.31. The number of hydrogen-bond acceptors (Lipinski definition) is 4. The number of fused-ring (bicyclic) bond motifs is 1. The van der Waals surface area contributed by atoms with E-state index in [1.54, 1.807) is 37.3 Å². The van der Waals surface area contributed by atoms with E-state index in [1.807, 2.05) is 18.2 Å². The van der Waals surface area contributed by atoms with Crippen LogP contribution < -0.4 is 10.9 Å². The van der Waals surface area contributed by atoms with Crippen LogP contribution in [0.25, 0.3) is 10.9 Å². The minimum Gasteiger partial charge on any atom is -0.349 e. The Hall–Kier alpha value is -2.67. The van der Waals surface area contributed by atoms with Gasteiger partial charge in [-0.05, 0) is 37.3 Å². The maximum absolute atomic E-state index is 12.6. The number of hydrogen-bond donors (Lipinski definition) is 1. The van der Waals surface area contributed by atoms with E-state index < -0.39 is 16.2 Å². The first-order valence-corrected chi connectivity index (χ1v) is 8.14. The number of nitrogens with one attached hydrogen (secondary N) is 1. The van der Waals surface area contributed by atoms with Crippen LogP contribution in [0.3, 0.4) is 0 Å². The Morgan fingerprint density at radius 2 is 1.83 bits per heavy atom. The van der Waals surface area contributed by atoms with Crippen molar-refractivity contribution in [3.05, 3.63) is 73.5 Å². The van der Waals surface area contributed by atoms with Crippen LogP contribution >= 0.6 is 15.9 Å². The van der Waals surface area contributed by atoms with Gasteiger partial charge >= 0.3 is 11.2 Å².